The number of hydrogen-bond acceptors (Lipinski definition) is 4. The van der Waals surface area contributed by atoms with Gasteiger partial charge in [0, 0.05) is 18.3 Å². The smallest absolute Gasteiger partial charge is 0.235 e. The first-order chi connectivity index (χ1) is 9.63. The number of unbranched alkanes of at least 4 members (excludes halogenated alkanes) is 3. The van der Waals surface area contributed by atoms with E-state index >= 15 is 0 Å². The van der Waals surface area contributed by atoms with E-state index in [1.807, 2.05) is 6.92 Å². The largest absolute Gasteiger partial charge is 0.383 e. The summed E-state index contributed by atoms with van der Waals surface area (Å²) in [4.78, 5) is 27.9. The second-order valence-electron chi connectivity index (χ2n) is 5.09. The molecule has 1 N–H and O–H groups in total. The van der Waals surface area contributed by atoms with Crippen LogP contribution in [0, 0.1) is 6.92 Å². The molecule has 20 heavy (non-hydrogen) atoms. The fraction of sp³-hybridized carbons (Fsp3) is 0.438. The van der Waals surface area contributed by atoms with E-state index in [1.165, 1.54) is 18.9 Å². The Labute approximate surface area is 119 Å². The molecule has 4 nitrogen and oxygen atoms in total. The molecule has 1 heterocycles. The number of pyridine rings is 1. The molecule has 0 saturated carbocycles. The Hall–Kier alpha value is -1.97. The fourth-order valence-electron chi connectivity index (χ4n) is 2.25. The van der Waals surface area contributed by atoms with Gasteiger partial charge in [0.1, 0.15) is 0 Å². The molecule has 106 valence electrons. The molecule has 0 saturated heterocycles. The van der Waals surface area contributed by atoms with Crippen LogP contribution in [0.3, 0.4) is 0 Å². The van der Waals surface area contributed by atoms with Gasteiger partial charge < -0.3 is 5.32 Å². The highest BCUT2D eigenvalue weighted by Crippen LogP contribution is 2.21. The maximum atomic E-state index is 11.8. The van der Waals surface area contributed by atoms with Crippen LogP contribution < -0.4 is 5.32 Å². The predicted molar refractivity (Wildman–Crippen MR) is 78.4 cm³/mol. The molecule has 0 fully saturated rings. The van der Waals surface area contributed by atoms with Gasteiger partial charge in [0.15, 0.2) is 0 Å². The third-order valence-corrected chi connectivity index (χ3v) is 3.38. The number of aryl methyl sites for hydroxylation is 1. The summed E-state index contributed by atoms with van der Waals surface area (Å²) in [5.41, 5.74) is 2.51. The Bertz CT molecular complexity index is 562. The first-order valence-corrected chi connectivity index (χ1v) is 7.15. The summed E-state index contributed by atoms with van der Waals surface area (Å²) in [5, 5.41) is 3.24. The van der Waals surface area contributed by atoms with Crippen molar-refractivity contribution in [3.63, 3.8) is 0 Å². The minimum atomic E-state index is -0.473. The molecule has 0 atom stereocenters. The summed E-state index contributed by atoms with van der Waals surface area (Å²) in [6, 6.07) is 3.44. The summed E-state index contributed by atoms with van der Waals surface area (Å²) in [7, 11) is 0. The second-order valence-corrected chi connectivity index (χ2v) is 5.09. The Balaban J connectivity index is 2.12. The standard InChI is InChI=1S/C16H20N2O2/c1-3-4-5-6-9-17-13-10-14(19)16(20)12-8-7-11(2)18-15(12)13/h7-8,10,17H,3-6,9H2,1-2H3. The van der Waals surface area contributed by atoms with Crippen LogP contribution in [0.5, 0.6) is 0 Å². The summed E-state index contributed by atoms with van der Waals surface area (Å²) >= 11 is 0. The van der Waals surface area contributed by atoms with Gasteiger partial charge in [-0.15, -0.1) is 0 Å². The van der Waals surface area contributed by atoms with E-state index in [0.717, 1.165) is 25.1 Å². The number of ketones is 2. The van der Waals surface area contributed by atoms with Crippen LogP contribution in [0.25, 0.3) is 5.70 Å². The molecule has 4 heteroatoms. The van der Waals surface area contributed by atoms with Crippen molar-refractivity contribution in [3.05, 3.63) is 35.2 Å². The van der Waals surface area contributed by atoms with E-state index in [1.54, 1.807) is 12.1 Å². The van der Waals surface area contributed by atoms with Crippen LogP contribution in [0.1, 0.15) is 54.4 Å². The van der Waals surface area contributed by atoms with E-state index in [4.69, 9.17) is 0 Å². The van der Waals surface area contributed by atoms with E-state index < -0.39 is 11.6 Å². The quantitative estimate of drug-likeness (QED) is 0.639. The molecule has 0 aliphatic heterocycles. The van der Waals surface area contributed by atoms with Crippen molar-refractivity contribution in [2.24, 2.45) is 0 Å². The van der Waals surface area contributed by atoms with E-state index in [0.29, 0.717) is 17.0 Å². The molecule has 1 aromatic rings. The normalized spacial score (nSPS) is 14.0. The number of Topliss-reactive ketones (excluding diaryl/α,β-unsaturated/α-hetero) is 1. The van der Waals surface area contributed by atoms with Crippen LogP contribution in [-0.2, 0) is 4.79 Å². The molecule has 0 spiro atoms. The highest BCUT2D eigenvalue weighted by molar-refractivity contribution is 6.50. The highest BCUT2D eigenvalue weighted by Gasteiger charge is 2.26. The van der Waals surface area contributed by atoms with E-state index in [2.05, 4.69) is 17.2 Å². The van der Waals surface area contributed by atoms with Crippen molar-refractivity contribution < 1.29 is 9.59 Å². The van der Waals surface area contributed by atoms with Gasteiger partial charge in [-0.2, -0.15) is 0 Å². The van der Waals surface area contributed by atoms with E-state index in [-0.39, 0.29) is 0 Å². The Kier molecular flexibility index (Phi) is 4.66. The van der Waals surface area contributed by atoms with Gasteiger partial charge in [0.25, 0.3) is 0 Å². The average molecular weight is 272 g/mol. The van der Waals surface area contributed by atoms with E-state index in [9.17, 15) is 9.59 Å². The zero-order valence-electron chi connectivity index (χ0n) is 12.0. The molecular weight excluding hydrogens is 252 g/mol. The van der Waals surface area contributed by atoms with Crippen LogP contribution in [0.4, 0.5) is 0 Å². The maximum absolute atomic E-state index is 11.8. The monoisotopic (exact) mass is 272 g/mol. The summed E-state index contributed by atoms with van der Waals surface area (Å²) in [6.07, 6.45) is 5.99. The van der Waals surface area contributed by atoms with Crippen molar-refractivity contribution in [3.8, 4) is 0 Å². The van der Waals surface area contributed by atoms with Gasteiger partial charge in [-0.1, -0.05) is 26.2 Å². The van der Waals surface area contributed by atoms with Crippen LogP contribution in [-0.4, -0.2) is 23.1 Å². The van der Waals surface area contributed by atoms with Crippen LogP contribution in [0.2, 0.25) is 0 Å². The number of nitrogens with one attached hydrogen (secondary N) is 1. The van der Waals surface area contributed by atoms with Gasteiger partial charge >= 0.3 is 0 Å². The lowest BCUT2D eigenvalue weighted by atomic mass is 9.96. The summed E-state index contributed by atoms with van der Waals surface area (Å²) in [5.74, 6) is -0.941. The van der Waals surface area contributed by atoms with Gasteiger partial charge in [0.05, 0.1) is 17.0 Å². The van der Waals surface area contributed by atoms with Crippen LogP contribution in [0.15, 0.2) is 18.2 Å². The molecule has 0 bridgehead atoms. The number of rotatable bonds is 6. The molecule has 2 rings (SSSR count). The molecule has 0 amide bonds. The van der Waals surface area contributed by atoms with Gasteiger partial charge in [-0.3, -0.25) is 14.6 Å². The minimum Gasteiger partial charge on any atom is -0.383 e. The predicted octanol–water partition coefficient (Wildman–Crippen LogP) is 2.67. The highest BCUT2D eigenvalue weighted by atomic mass is 16.2. The molecule has 1 aromatic heterocycles. The zero-order chi connectivity index (χ0) is 14.5. The van der Waals surface area contributed by atoms with Crippen LogP contribution >= 0.6 is 0 Å². The topological polar surface area (TPSA) is 59.1 Å². The second kappa shape index (κ2) is 6.46. The lowest BCUT2D eigenvalue weighted by Gasteiger charge is -2.17. The van der Waals surface area contributed by atoms with Gasteiger partial charge in [0.2, 0.25) is 11.6 Å². The van der Waals surface area contributed by atoms with Crippen molar-refractivity contribution in [2.45, 2.75) is 39.5 Å². The number of carbonyl (C=O) groups is 2. The van der Waals surface area contributed by atoms with Crippen molar-refractivity contribution in [1.82, 2.24) is 10.3 Å². The number of allylic oxidation sites excluding steroid dienone is 1. The number of aromatic nitrogens is 1. The van der Waals surface area contributed by atoms with Crippen molar-refractivity contribution in [1.29, 1.82) is 0 Å². The first kappa shape index (κ1) is 14.4. The number of fused-ring (bicyclic) bond motifs is 1. The molecule has 1 aliphatic rings. The molecule has 0 aromatic carbocycles. The minimum absolute atomic E-state index is 0.402. The summed E-state index contributed by atoms with van der Waals surface area (Å²) < 4.78 is 0. The first-order valence-electron chi connectivity index (χ1n) is 7.15. The zero-order valence-corrected chi connectivity index (χ0v) is 12.0. The lowest BCUT2D eigenvalue weighted by Crippen LogP contribution is -2.26. The summed E-state index contributed by atoms with van der Waals surface area (Å²) in [6.45, 7) is 4.84. The fourth-order valence-corrected chi connectivity index (χ4v) is 2.25. The lowest BCUT2D eigenvalue weighted by molar-refractivity contribution is -0.111. The number of hydrogen-bond donors (Lipinski definition) is 1. The number of carbonyl (C=O) groups excluding carboxylic acids is 2. The number of nitrogens with zero attached hydrogens (tertiary/aromatic N) is 1. The van der Waals surface area contributed by atoms with Crippen molar-refractivity contribution in [2.75, 3.05) is 6.54 Å². The Morgan fingerprint density at radius 1 is 1.15 bits per heavy atom. The Morgan fingerprint density at radius 2 is 1.95 bits per heavy atom. The molecular formula is C16H20N2O2. The molecule has 0 unspecified atom stereocenters. The third-order valence-electron chi connectivity index (χ3n) is 3.38. The third kappa shape index (κ3) is 3.13. The average Bonchev–Trinajstić information content (AvgIpc) is 2.43. The van der Waals surface area contributed by atoms with Crippen molar-refractivity contribution >= 4 is 17.3 Å². The molecule has 1 aliphatic carbocycles. The maximum Gasteiger partial charge on any atom is 0.235 e. The van der Waals surface area contributed by atoms with Gasteiger partial charge in [-0.05, 0) is 25.5 Å². The SMILES string of the molecule is CCCCCCNC1=CC(=O)C(=O)c2ccc(C)nc21. The Morgan fingerprint density at radius 3 is 2.70 bits per heavy atom. The van der Waals surface area contributed by atoms with Gasteiger partial charge in [-0.25, -0.2) is 0 Å². The molecule has 0 radical (unpaired) electrons.